The average Bonchev–Trinajstić information content (AvgIpc) is 2.97. The average molecular weight is 582 g/mol. The van der Waals surface area contributed by atoms with Crippen LogP contribution in [0.1, 0.15) is 31.9 Å². The summed E-state index contributed by atoms with van der Waals surface area (Å²) in [6, 6.07) is 19.2. The van der Waals surface area contributed by atoms with E-state index >= 15 is 0 Å². The summed E-state index contributed by atoms with van der Waals surface area (Å²) in [7, 11) is -1.12. The lowest BCUT2D eigenvalue weighted by atomic mass is 10.1. The number of carbonyl (C=O) groups excluding carboxylic acids is 2. The Balaban J connectivity index is 2.02. The first-order valence-electron chi connectivity index (χ1n) is 13.4. The van der Waals surface area contributed by atoms with Crippen LogP contribution in [0.4, 0.5) is 5.69 Å². The van der Waals surface area contributed by atoms with Crippen molar-refractivity contribution in [2.24, 2.45) is 5.92 Å². The van der Waals surface area contributed by atoms with E-state index in [2.05, 4.69) is 5.32 Å². The molecule has 0 saturated carbocycles. The molecule has 9 nitrogen and oxygen atoms in total. The van der Waals surface area contributed by atoms with Crippen molar-refractivity contribution in [1.82, 2.24) is 10.2 Å². The SMILES string of the molecule is COc1ccc(S(=O)(=O)N(CC(=O)N(Cc2cccc(OC)c2)[C@H](C)C(=O)NCC(C)C)c2ccc(C)cc2)cc1. The molecule has 10 heteroatoms. The fraction of sp³-hybridized carbons (Fsp3) is 0.355. The van der Waals surface area contributed by atoms with E-state index in [0.29, 0.717) is 23.7 Å². The summed E-state index contributed by atoms with van der Waals surface area (Å²) in [6.07, 6.45) is 0. The number of aryl methyl sites for hydroxylation is 1. The van der Waals surface area contributed by atoms with Crippen LogP contribution >= 0.6 is 0 Å². The van der Waals surface area contributed by atoms with E-state index in [1.807, 2.05) is 26.8 Å². The van der Waals surface area contributed by atoms with Crippen molar-refractivity contribution in [2.45, 2.75) is 45.2 Å². The smallest absolute Gasteiger partial charge is 0.264 e. The maximum atomic E-state index is 14.0. The number of nitrogens with zero attached hydrogens (tertiary/aromatic N) is 2. The Hall–Kier alpha value is -4.05. The fourth-order valence-corrected chi connectivity index (χ4v) is 5.53. The highest BCUT2D eigenvalue weighted by molar-refractivity contribution is 7.92. The second-order valence-electron chi connectivity index (χ2n) is 10.2. The number of nitrogens with one attached hydrogen (secondary N) is 1. The van der Waals surface area contributed by atoms with Crippen LogP contribution in [0.25, 0.3) is 0 Å². The van der Waals surface area contributed by atoms with Gasteiger partial charge in [0.15, 0.2) is 0 Å². The van der Waals surface area contributed by atoms with Gasteiger partial charge in [0.05, 0.1) is 24.8 Å². The molecule has 0 unspecified atom stereocenters. The number of hydrogen-bond donors (Lipinski definition) is 1. The Labute approximate surface area is 243 Å². The fourth-order valence-electron chi connectivity index (χ4n) is 4.12. The molecule has 0 radical (unpaired) electrons. The van der Waals surface area contributed by atoms with E-state index in [1.165, 1.54) is 24.1 Å². The Kier molecular flexibility index (Phi) is 10.8. The zero-order valence-electron chi connectivity index (χ0n) is 24.5. The third-order valence-corrected chi connectivity index (χ3v) is 8.38. The first kappa shape index (κ1) is 31.5. The van der Waals surface area contributed by atoms with Gasteiger partial charge in [-0.05, 0) is 73.9 Å². The van der Waals surface area contributed by atoms with Crippen molar-refractivity contribution in [3.63, 3.8) is 0 Å². The molecule has 0 aromatic heterocycles. The monoisotopic (exact) mass is 581 g/mol. The standard InChI is InChI=1S/C31H39N3O6S/c1-22(2)19-32-31(36)24(4)33(20-25-8-7-9-28(18-25)40-6)30(35)21-34(26-12-10-23(3)11-13-26)41(37,38)29-16-14-27(39-5)15-17-29/h7-18,22,24H,19-21H2,1-6H3,(H,32,36)/t24-/m1/s1. The minimum absolute atomic E-state index is 0.00810. The van der Waals surface area contributed by atoms with Crippen LogP contribution in [0.2, 0.25) is 0 Å². The minimum atomic E-state index is -4.16. The number of hydrogen-bond acceptors (Lipinski definition) is 6. The summed E-state index contributed by atoms with van der Waals surface area (Å²) in [6.45, 7) is 7.51. The van der Waals surface area contributed by atoms with E-state index in [1.54, 1.807) is 68.6 Å². The molecule has 220 valence electrons. The molecule has 0 aliphatic heterocycles. The third-order valence-electron chi connectivity index (χ3n) is 6.59. The summed E-state index contributed by atoms with van der Waals surface area (Å²) in [5, 5.41) is 2.88. The predicted molar refractivity (Wildman–Crippen MR) is 160 cm³/mol. The number of ether oxygens (including phenoxy) is 2. The van der Waals surface area contributed by atoms with Gasteiger partial charge in [-0.15, -0.1) is 0 Å². The molecule has 1 atom stereocenters. The molecule has 2 amide bonds. The van der Waals surface area contributed by atoms with Crippen LogP contribution in [-0.2, 0) is 26.2 Å². The lowest BCUT2D eigenvalue weighted by Crippen LogP contribution is -2.51. The molecule has 0 aliphatic rings. The number of carbonyl (C=O) groups is 2. The normalized spacial score (nSPS) is 12.0. The number of benzene rings is 3. The third kappa shape index (κ3) is 8.23. The number of anilines is 1. The highest BCUT2D eigenvalue weighted by Crippen LogP contribution is 2.26. The van der Waals surface area contributed by atoms with Gasteiger partial charge in [0.2, 0.25) is 11.8 Å². The van der Waals surface area contributed by atoms with Crippen molar-refractivity contribution in [3.05, 3.63) is 83.9 Å². The lowest BCUT2D eigenvalue weighted by Gasteiger charge is -2.32. The molecule has 41 heavy (non-hydrogen) atoms. The summed E-state index contributed by atoms with van der Waals surface area (Å²) in [5.41, 5.74) is 2.01. The van der Waals surface area contributed by atoms with E-state index in [9.17, 15) is 18.0 Å². The molecule has 3 rings (SSSR count). The van der Waals surface area contributed by atoms with Crippen molar-refractivity contribution in [1.29, 1.82) is 0 Å². The highest BCUT2D eigenvalue weighted by atomic mass is 32.2. The summed E-state index contributed by atoms with van der Waals surface area (Å²) in [4.78, 5) is 28.5. The number of sulfonamides is 1. The zero-order chi connectivity index (χ0) is 30.2. The van der Waals surface area contributed by atoms with Gasteiger partial charge >= 0.3 is 0 Å². The molecule has 0 bridgehead atoms. The second kappa shape index (κ2) is 14.0. The maximum absolute atomic E-state index is 14.0. The van der Waals surface area contributed by atoms with Crippen LogP contribution in [0.3, 0.4) is 0 Å². The molecule has 0 spiro atoms. The Morgan fingerprint density at radius 1 is 0.878 bits per heavy atom. The Morgan fingerprint density at radius 2 is 1.51 bits per heavy atom. The molecule has 0 heterocycles. The van der Waals surface area contributed by atoms with E-state index in [0.717, 1.165) is 15.4 Å². The van der Waals surface area contributed by atoms with Gasteiger partial charge in [0, 0.05) is 13.1 Å². The topological polar surface area (TPSA) is 105 Å². The molecule has 1 N–H and O–H groups in total. The summed E-state index contributed by atoms with van der Waals surface area (Å²) in [5.74, 6) is 0.482. The molecule has 3 aromatic carbocycles. The van der Waals surface area contributed by atoms with Crippen LogP contribution in [0.5, 0.6) is 11.5 Å². The van der Waals surface area contributed by atoms with E-state index in [4.69, 9.17) is 9.47 Å². The van der Waals surface area contributed by atoms with Gasteiger partial charge in [-0.3, -0.25) is 13.9 Å². The molecule has 0 fully saturated rings. The number of methoxy groups -OCH3 is 2. The van der Waals surface area contributed by atoms with Crippen LogP contribution in [0, 0.1) is 12.8 Å². The van der Waals surface area contributed by atoms with Crippen molar-refractivity contribution in [3.8, 4) is 11.5 Å². The van der Waals surface area contributed by atoms with Gasteiger partial charge in [-0.1, -0.05) is 43.7 Å². The molecular formula is C31H39N3O6S. The van der Waals surface area contributed by atoms with Crippen LogP contribution < -0.4 is 19.1 Å². The second-order valence-corrected chi connectivity index (χ2v) is 12.1. The maximum Gasteiger partial charge on any atom is 0.264 e. The molecule has 3 aromatic rings. The van der Waals surface area contributed by atoms with Gasteiger partial charge < -0.3 is 19.7 Å². The summed E-state index contributed by atoms with van der Waals surface area (Å²) >= 11 is 0. The van der Waals surface area contributed by atoms with Crippen molar-refractivity contribution in [2.75, 3.05) is 31.6 Å². The van der Waals surface area contributed by atoms with Gasteiger partial charge in [-0.25, -0.2) is 8.42 Å². The Morgan fingerprint density at radius 3 is 2.10 bits per heavy atom. The van der Waals surface area contributed by atoms with Gasteiger partial charge in [-0.2, -0.15) is 0 Å². The van der Waals surface area contributed by atoms with Crippen molar-refractivity contribution < 1.29 is 27.5 Å². The first-order valence-corrected chi connectivity index (χ1v) is 14.8. The molecular weight excluding hydrogens is 542 g/mol. The number of amides is 2. The van der Waals surface area contributed by atoms with E-state index in [-0.39, 0.29) is 23.3 Å². The molecule has 0 aliphatic carbocycles. The lowest BCUT2D eigenvalue weighted by molar-refractivity contribution is -0.139. The van der Waals surface area contributed by atoms with Crippen molar-refractivity contribution >= 4 is 27.5 Å². The quantitative estimate of drug-likeness (QED) is 0.321. The predicted octanol–water partition coefficient (Wildman–Crippen LogP) is 4.40. The Bertz CT molecular complexity index is 1420. The zero-order valence-corrected chi connectivity index (χ0v) is 25.3. The van der Waals surface area contributed by atoms with Gasteiger partial charge in [0.1, 0.15) is 24.1 Å². The van der Waals surface area contributed by atoms with Crippen LogP contribution in [-0.4, -0.2) is 58.5 Å². The summed E-state index contributed by atoms with van der Waals surface area (Å²) < 4.78 is 39.4. The number of rotatable bonds is 13. The largest absolute Gasteiger partial charge is 0.497 e. The van der Waals surface area contributed by atoms with Gasteiger partial charge in [0.25, 0.3) is 10.0 Å². The molecule has 0 saturated heterocycles. The van der Waals surface area contributed by atoms with E-state index < -0.39 is 28.5 Å². The first-order chi connectivity index (χ1) is 19.5. The highest BCUT2D eigenvalue weighted by Gasteiger charge is 2.32. The van der Waals surface area contributed by atoms with Crippen LogP contribution in [0.15, 0.2) is 77.7 Å². The minimum Gasteiger partial charge on any atom is -0.497 e.